The maximum Gasteiger partial charge on any atom is 0.188 e. The van der Waals surface area contributed by atoms with Gasteiger partial charge in [0, 0.05) is 18.4 Å². The van der Waals surface area contributed by atoms with Crippen LogP contribution >= 0.6 is 0 Å². The Hall–Kier alpha value is -2.36. The van der Waals surface area contributed by atoms with E-state index in [2.05, 4.69) is 24.9 Å². The normalized spacial score (nSPS) is 22.0. The van der Waals surface area contributed by atoms with Crippen LogP contribution in [0.15, 0.2) is 53.6 Å². The topological polar surface area (TPSA) is 24.8 Å². The molecule has 0 radical (unpaired) electrons. The van der Waals surface area contributed by atoms with E-state index in [0.717, 1.165) is 29.9 Å². The van der Waals surface area contributed by atoms with Crippen molar-refractivity contribution >= 4 is 5.71 Å². The number of nitrogens with zero attached hydrogens (tertiary/aromatic N) is 2. The van der Waals surface area contributed by atoms with Crippen LogP contribution in [0.4, 0.5) is 4.39 Å². The van der Waals surface area contributed by atoms with Gasteiger partial charge in [-0.3, -0.25) is 5.01 Å². The SMILES string of the molecule is CC(C)C[C@H]1Oc2ccccc2[C@@H]2CC(c3ccc(F)cc3)=NN12. The predicted molar refractivity (Wildman–Crippen MR) is 92.4 cm³/mol. The largest absolute Gasteiger partial charge is 0.469 e. The number of para-hydroxylation sites is 1. The first-order valence-corrected chi connectivity index (χ1v) is 8.49. The van der Waals surface area contributed by atoms with Gasteiger partial charge in [0.2, 0.25) is 0 Å². The van der Waals surface area contributed by atoms with Gasteiger partial charge in [-0.1, -0.05) is 44.2 Å². The Labute approximate surface area is 141 Å². The molecule has 4 rings (SSSR count). The second-order valence-electron chi connectivity index (χ2n) is 6.89. The van der Waals surface area contributed by atoms with Crippen molar-refractivity contribution in [2.45, 2.75) is 39.0 Å². The molecule has 0 saturated heterocycles. The van der Waals surface area contributed by atoms with Gasteiger partial charge in [-0.05, 0) is 29.7 Å². The molecule has 0 unspecified atom stereocenters. The van der Waals surface area contributed by atoms with Gasteiger partial charge in [-0.2, -0.15) is 5.10 Å². The highest BCUT2D eigenvalue weighted by molar-refractivity contribution is 6.01. The summed E-state index contributed by atoms with van der Waals surface area (Å²) in [6.07, 6.45) is 1.69. The second-order valence-corrected chi connectivity index (χ2v) is 6.89. The van der Waals surface area contributed by atoms with Crippen molar-refractivity contribution in [2.75, 3.05) is 0 Å². The molecule has 4 heteroatoms. The lowest BCUT2D eigenvalue weighted by Gasteiger charge is -2.38. The van der Waals surface area contributed by atoms with E-state index in [-0.39, 0.29) is 18.1 Å². The minimum atomic E-state index is -0.221. The summed E-state index contributed by atoms with van der Waals surface area (Å²) in [6, 6.07) is 15.0. The molecular formula is C20H21FN2O. The van der Waals surface area contributed by atoms with Gasteiger partial charge in [0.15, 0.2) is 6.23 Å². The summed E-state index contributed by atoms with van der Waals surface area (Å²) in [5.74, 6) is 1.26. The van der Waals surface area contributed by atoms with Gasteiger partial charge < -0.3 is 4.74 Å². The number of fused-ring (bicyclic) bond motifs is 3. The molecule has 2 aliphatic rings. The number of ether oxygens (including phenoxy) is 1. The Bertz CT molecular complexity index is 769. The van der Waals surface area contributed by atoms with Crippen molar-refractivity contribution in [1.82, 2.24) is 5.01 Å². The molecule has 2 heterocycles. The van der Waals surface area contributed by atoms with Gasteiger partial charge >= 0.3 is 0 Å². The zero-order valence-corrected chi connectivity index (χ0v) is 13.9. The number of hydrogen-bond acceptors (Lipinski definition) is 3. The standard InChI is InChI=1S/C20H21FN2O/c1-13(2)11-20-23-18(16-5-3-4-6-19(16)24-20)12-17(22-23)14-7-9-15(21)10-8-14/h3-10,13,18,20H,11-12H2,1-2H3/t18-,20+/m0/s1. The summed E-state index contributed by atoms with van der Waals surface area (Å²) in [5.41, 5.74) is 3.15. The van der Waals surface area contributed by atoms with Crippen LogP contribution in [0.1, 0.15) is 43.9 Å². The van der Waals surface area contributed by atoms with Crippen LogP contribution in [0.3, 0.4) is 0 Å². The fraction of sp³-hybridized carbons (Fsp3) is 0.350. The van der Waals surface area contributed by atoms with Crippen LogP contribution in [0.2, 0.25) is 0 Å². The number of rotatable bonds is 3. The summed E-state index contributed by atoms with van der Waals surface area (Å²) >= 11 is 0. The molecule has 0 fully saturated rings. The molecule has 0 spiro atoms. The smallest absolute Gasteiger partial charge is 0.188 e. The molecular weight excluding hydrogens is 303 g/mol. The average molecular weight is 324 g/mol. The van der Waals surface area contributed by atoms with E-state index in [4.69, 9.17) is 9.84 Å². The van der Waals surface area contributed by atoms with E-state index in [9.17, 15) is 4.39 Å². The van der Waals surface area contributed by atoms with Crippen LogP contribution in [-0.4, -0.2) is 16.9 Å². The minimum Gasteiger partial charge on any atom is -0.469 e. The van der Waals surface area contributed by atoms with E-state index in [0.29, 0.717) is 5.92 Å². The van der Waals surface area contributed by atoms with E-state index < -0.39 is 0 Å². The zero-order chi connectivity index (χ0) is 16.7. The highest BCUT2D eigenvalue weighted by Crippen LogP contribution is 2.43. The van der Waals surface area contributed by atoms with Crippen LogP contribution in [0.5, 0.6) is 5.75 Å². The molecule has 0 saturated carbocycles. The van der Waals surface area contributed by atoms with Gasteiger partial charge in [0.05, 0.1) is 11.8 Å². The molecule has 0 aliphatic carbocycles. The number of halogens is 1. The number of hydrogen-bond donors (Lipinski definition) is 0. The molecule has 0 N–H and O–H groups in total. The first kappa shape index (κ1) is 15.2. The van der Waals surface area contributed by atoms with Crippen LogP contribution < -0.4 is 4.74 Å². The van der Waals surface area contributed by atoms with Crippen molar-refractivity contribution in [3.8, 4) is 5.75 Å². The Kier molecular flexibility index (Phi) is 3.75. The van der Waals surface area contributed by atoms with Crippen molar-refractivity contribution in [3.05, 3.63) is 65.5 Å². The number of benzene rings is 2. The summed E-state index contributed by atoms with van der Waals surface area (Å²) < 4.78 is 19.4. The zero-order valence-electron chi connectivity index (χ0n) is 13.9. The Morgan fingerprint density at radius 3 is 2.67 bits per heavy atom. The molecule has 2 aliphatic heterocycles. The summed E-state index contributed by atoms with van der Waals surface area (Å²) in [4.78, 5) is 0. The van der Waals surface area contributed by atoms with Crippen LogP contribution in [0.25, 0.3) is 0 Å². The van der Waals surface area contributed by atoms with Gasteiger partial charge in [-0.15, -0.1) is 0 Å². The van der Waals surface area contributed by atoms with Crippen molar-refractivity contribution in [3.63, 3.8) is 0 Å². The second kappa shape index (κ2) is 5.93. The van der Waals surface area contributed by atoms with Gasteiger partial charge in [0.1, 0.15) is 11.6 Å². The number of hydrazone groups is 1. The van der Waals surface area contributed by atoms with E-state index in [1.165, 1.54) is 17.7 Å². The van der Waals surface area contributed by atoms with Crippen LogP contribution in [0, 0.1) is 11.7 Å². The Balaban J connectivity index is 1.70. The Morgan fingerprint density at radius 2 is 1.92 bits per heavy atom. The average Bonchev–Trinajstić information content (AvgIpc) is 3.01. The molecule has 0 amide bonds. The summed E-state index contributed by atoms with van der Waals surface area (Å²) in [6.45, 7) is 4.39. The minimum absolute atomic E-state index is 0.0529. The third-order valence-corrected chi connectivity index (χ3v) is 4.63. The first-order valence-electron chi connectivity index (χ1n) is 8.49. The lowest BCUT2D eigenvalue weighted by Crippen LogP contribution is -2.41. The van der Waals surface area contributed by atoms with Gasteiger partial charge in [-0.25, -0.2) is 4.39 Å². The first-order chi connectivity index (χ1) is 11.6. The maximum absolute atomic E-state index is 13.2. The Morgan fingerprint density at radius 1 is 1.17 bits per heavy atom. The quantitative estimate of drug-likeness (QED) is 0.814. The molecule has 2 atom stereocenters. The van der Waals surface area contributed by atoms with Crippen molar-refractivity contribution in [1.29, 1.82) is 0 Å². The highest BCUT2D eigenvalue weighted by Gasteiger charge is 2.40. The molecule has 24 heavy (non-hydrogen) atoms. The van der Waals surface area contributed by atoms with Gasteiger partial charge in [0.25, 0.3) is 0 Å². The van der Waals surface area contributed by atoms with E-state index >= 15 is 0 Å². The fourth-order valence-corrected chi connectivity index (χ4v) is 3.49. The lowest BCUT2D eigenvalue weighted by atomic mass is 9.96. The highest BCUT2D eigenvalue weighted by atomic mass is 19.1. The van der Waals surface area contributed by atoms with Crippen molar-refractivity contribution in [2.24, 2.45) is 11.0 Å². The lowest BCUT2D eigenvalue weighted by molar-refractivity contribution is -0.0291. The van der Waals surface area contributed by atoms with Crippen LogP contribution in [-0.2, 0) is 0 Å². The molecule has 2 aromatic rings. The molecule has 2 aromatic carbocycles. The van der Waals surface area contributed by atoms with E-state index in [1.807, 2.05) is 18.2 Å². The third kappa shape index (κ3) is 2.66. The molecule has 0 aromatic heterocycles. The maximum atomic E-state index is 13.2. The molecule has 3 nitrogen and oxygen atoms in total. The molecule has 0 bridgehead atoms. The monoisotopic (exact) mass is 324 g/mol. The molecule has 124 valence electrons. The summed E-state index contributed by atoms with van der Waals surface area (Å²) in [5, 5.41) is 6.94. The predicted octanol–water partition coefficient (Wildman–Crippen LogP) is 4.74. The van der Waals surface area contributed by atoms with Crippen molar-refractivity contribution < 1.29 is 9.13 Å². The summed E-state index contributed by atoms with van der Waals surface area (Å²) in [7, 11) is 0. The third-order valence-electron chi connectivity index (χ3n) is 4.63. The van der Waals surface area contributed by atoms with E-state index in [1.54, 1.807) is 12.1 Å². The fourth-order valence-electron chi connectivity index (χ4n) is 3.49.